The summed E-state index contributed by atoms with van der Waals surface area (Å²) < 4.78 is 31.3. The predicted octanol–water partition coefficient (Wildman–Crippen LogP) is 3.95. The van der Waals surface area contributed by atoms with Gasteiger partial charge in [-0.15, -0.1) is 24.0 Å². The van der Waals surface area contributed by atoms with Crippen LogP contribution in [0, 0.1) is 11.6 Å². The van der Waals surface area contributed by atoms with E-state index in [0.29, 0.717) is 0 Å². The van der Waals surface area contributed by atoms with Crippen LogP contribution in [-0.4, -0.2) is 19.1 Å². The summed E-state index contributed by atoms with van der Waals surface area (Å²) in [6.45, 7) is 2.48. The zero-order chi connectivity index (χ0) is 16.7. The Bertz CT molecular complexity index is 678. The Morgan fingerprint density at radius 3 is 2.50 bits per heavy atom. The number of nitrogens with one attached hydrogen (secondary N) is 1. The summed E-state index contributed by atoms with van der Waals surface area (Å²) in [7, 11) is 0. The number of anilines is 1. The van der Waals surface area contributed by atoms with Crippen LogP contribution >= 0.6 is 24.0 Å². The molecule has 0 heterocycles. The van der Waals surface area contributed by atoms with Gasteiger partial charge in [-0.05, 0) is 36.2 Å². The van der Waals surface area contributed by atoms with Crippen molar-refractivity contribution in [1.82, 2.24) is 0 Å². The SMILES string of the molecule is CCc1ccc(NC(N)=NCCOc2ccc(F)cc2F)cc1.I. The van der Waals surface area contributed by atoms with E-state index in [-0.39, 0.29) is 48.8 Å². The van der Waals surface area contributed by atoms with Crippen LogP contribution in [0.2, 0.25) is 0 Å². The molecule has 0 aliphatic carbocycles. The molecule has 0 fully saturated rings. The number of aryl methyl sites for hydroxylation is 1. The third-order valence-electron chi connectivity index (χ3n) is 3.16. The highest BCUT2D eigenvalue weighted by molar-refractivity contribution is 14.0. The van der Waals surface area contributed by atoms with Crippen molar-refractivity contribution in [3.8, 4) is 5.75 Å². The second kappa shape index (κ2) is 10.1. The number of nitrogens with zero attached hydrogens (tertiary/aromatic N) is 1. The predicted molar refractivity (Wildman–Crippen MR) is 103 cm³/mol. The normalized spacial score (nSPS) is 10.9. The Hall–Kier alpha value is -1.90. The van der Waals surface area contributed by atoms with E-state index in [1.165, 1.54) is 11.6 Å². The molecule has 130 valence electrons. The van der Waals surface area contributed by atoms with Gasteiger partial charge in [0.2, 0.25) is 0 Å². The van der Waals surface area contributed by atoms with Crippen molar-refractivity contribution in [3.63, 3.8) is 0 Å². The minimum absolute atomic E-state index is 0. The van der Waals surface area contributed by atoms with Gasteiger partial charge in [-0.2, -0.15) is 0 Å². The van der Waals surface area contributed by atoms with Crippen molar-refractivity contribution in [2.24, 2.45) is 10.7 Å². The number of aliphatic imine (C=N–C) groups is 1. The lowest BCUT2D eigenvalue weighted by Crippen LogP contribution is -2.23. The van der Waals surface area contributed by atoms with Crippen molar-refractivity contribution in [2.75, 3.05) is 18.5 Å². The average Bonchev–Trinajstić information content (AvgIpc) is 2.54. The molecule has 0 saturated heterocycles. The molecule has 3 N–H and O–H groups in total. The minimum Gasteiger partial charge on any atom is -0.489 e. The molecular weight excluding hydrogens is 427 g/mol. The van der Waals surface area contributed by atoms with Crippen LogP contribution in [0.3, 0.4) is 0 Å². The third-order valence-corrected chi connectivity index (χ3v) is 3.16. The molecule has 4 nitrogen and oxygen atoms in total. The number of hydrogen-bond donors (Lipinski definition) is 2. The maximum absolute atomic E-state index is 13.3. The molecule has 0 aliphatic heterocycles. The van der Waals surface area contributed by atoms with Crippen LogP contribution in [0.5, 0.6) is 5.75 Å². The molecular formula is C17H20F2IN3O. The molecule has 2 aromatic rings. The van der Waals surface area contributed by atoms with Crippen LogP contribution in [-0.2, 0) is 6.42 Å². The maximum atomic E-state index is 13.3. The van der Waals surface area contributed by atoms with Gasteiger partial charge in [-0.25, -0.2) is 13.8 Å². The average molecular weight is 447 g/mol. The molecule has 0 radical (unpaired) electrons. The molecule has 0 amide bonds. The number of guanidine groups is 1. The smallest absolute Gasteiger partial charge is 0.193 e. The van der Waals surface area contributed by atoms with E-state index in [2.05, 4.69) is 17.2 Å². The van der Waals surface area contributed by atoms with Crippen LogP contribution in [0.25, 0.3) is 0 Å². The number of nitrogens with two attached hydrogens (primary N) is 1. The van der Waals surface area contributed by atoms with Crippen LogP contribution in [0.1, 0.15) is 12.5 Å². The summed E-state index contributed by atoms with van der Waals surface area (Å²) in [5.74, 6) is -1.15. The van der Waals surface area contributed by atoms with Crippen LogP contribution in [0.15, 0.2) is 47.5 Å². The van der Waals surface area contributed by atoms with E-state index in [9.17, 15) is 8.78 Å². The Labute approximate surface area is 157 Å². The van der Waals surface area contributed by atoms with E-state index >= 15 is 0 Å². The second-order valence-corrected chi connectivity index (χ2v) is 4.87. The molecule has 0 atom stereocenters. The molecule has 2 aromatic carbocycles. The van der Waals surface area contributed by atoms with Gasteiger partial charge in [-0.1, -0.05) is 19.1 Å². The summed E-state index contributed by atoms with van der Waals surface area (Å²) in [5, 5.41) is 2.96. The van der Waals surface area contributed by atoms with Gasteiger partial charge in [0, 0.05) is 11.8 Å². The fraction of sp³-hybridized carbons (Fsp3) is 0.235. The largest absolute Gasteiger partial charge is 0.489 e. The molecule has 0 saturated carbocycles. The summed E-state index contributed by atoms with van der Waals surface area (Å²) in [6, 6.07) is 11.0. The van der Waals surface area contributed by atoms with Gasteiger partial charge in [0.05, 0.1) is 6.54 Å². The van der Waals surface area contributed by atoms with E-state index in [1.807, 2.05) is 24.3 Å². The maximum Gasteiger partial charge on any atom is 0.193 e. The number of hydrogen-bond acceptors (Lipinski definition) is 2. The summed E-state index contributed by atoms with van der Waals surface area (Å²) in [4.78, 5) is 4.09. The summed E-state index contributed by atoms with van der Waals surface area (Å²) >= 11 is 0. The van der Waals surface area contributed by atoms with Crippen molar-refractivity contribution in [1.29, 1.82) is 0 Å². The van der Waals surface area contributed by atoms with E-state index in [4.69, 9.17) is 10.5 Å². The van der Waals surface area contributed by atoms with Crippen LogP contribution < -0.4 is 15.8 Å². The number of ether oxygens (including phenoxy) is 1. The molecule has 0 aromatic heterocycles. The Balaban J connectivity index is 0.00000288. The quantitative estimate of drug-likeness (QED) is 0.305. The molecule has 2 rings (SSSR count). The van der Waals surface area contributed by atoms with Gasteiger partial charge in [0.15, 0.2) is 17.5 Å². The highest BCUT2D eigenvalue weighted by Gasteiger charge is 2.04. The fourth-order valence-electron chi connectivity index (χ4n) is 1.93. The van der Waals surface area contributed by atoms with E-state index < -0.39 is 11.6 Å². The number of benzene rings is 2. The molecule has 0 unspecified atom stereocenters. The molecule has 24 heavy (non-hydrogen) atoms. The fourth-order valence-corrected chi connectivity index (χ4v) is 1.93. The van der Waals surface area contributed by atoms with Crippen molar-refractivity contribution in [3.05, 3.63) is 59.7 Å². The van der Waals surface area contributed by atoms with Crippen molar-refractivity contribution >= 4 is 35.6 Å². The highest BCUT2D eigenvalue weighted by Crippen LogP contribution is 2.17. The first-order valence-corrected chi connectivity index (χ1v) is 7.32. The van der Waals surface area contributed by atoms with Crippen molar-refractivity contribution < 1.29 is 13.5 Å². The lowest BCUT2D eigenvalue weighted by atomic mass is 10.1. The molecule has 0 spiro atoms. The van der Waals surface area contributed by atoms with Gasteiger partial charge < -0.3 is 15.8 Å². The van der Waals surface area contributed by atoms with Crippen LogP contribution in [0.4, 0.5) is 14.5 Å². The number of halogens is 3. The number of rotatable bonds is 6. The molecule has 0 aliphatic rings. The Morgan fingerprint density at radius 1 is 1.17 bits per heavy atom. The zero-order valence-corrected chi connectivity index (χ0v) is 15.6. The lowest BCUT2D eigenvalue weighted by molar-refractivity contribution is 0.310. The minimum atomic E-state index is -0.740. The third kappa shape index (κ3) is 6.31. The highest BCUT2D eigenvalue weighted by atomic mass is 127. The summed E-state index contributed by atoms with van der Waals surface area (Å²) in [5.41, 5.74) is 7.84. The van der Waals surface area contributed by atoms with E-state index in [1.54, 1.807) is 0 Å². The first-order valence-electron chi connectivity index (χ1n) is 7.32. The van der Waals surface area contributed by atoms with Crippen molar-refractivity contribution in [2.45, 2.75) is 13.3 Å². The van der Waals surface area contributed by atoms with Gasteiger partial charge in [0.1, 0.15) is 12.4 Å². The molecule has 7 heteroatoms. The van der Waals surface area contributed by atoms with Gasteiger partial charge >= 0.3 is 0 Å². The Morgan fingerprint density at radius 2 is 1.88 bits per heavy atom. The standard InChI is InChI=1S/C17H19F2N3O.HI/c1-2-12-3-6-14(7-4-12)22-17(20)21-9-10-23-16-8-5-13(18)11-15(16)19;/h3-8,11H,2,9-10H2,1H3,(H3,20,21,22);1H. The lowest BCUT2D eigenvalue weighted by Gasteiger charge is -2.08. The topological polar surface area (TPSA) is 59.6 Å². The van der Waals surface area contributed by atoms with E-state index in [0.717, 1.165) is 24.2 Å². The monoisotopic (exact) mass is 447 g/mol. The molecule has 0 bridgehead atoms. The second-order valence-electron chi connectivity index (χ2n) is 4.87. The van der Waals surface area contributed by atoms with Gasteiger partial charge in [-0.3, -0.25) is 0 Å². The first kappa shape index (κ1) is 20.1. The Kier molecular flexibility index (Phi) is 8.45. The zero-order valence-electron chi connectivity index (χ0n) is 13.3. The van der Waals surface area contributed by atoms with Gasteiger partial charge in [0.25, 0.3) is 0 Å². The summed E-state index contributed by atoms with van der Waals surface area (Å²) in [6.07, 6.45) is 0.973. The first-order chi connectivity index (χ1) is 11.1.